The summed E-state index contributed by atoms with van der Waals surface area (Å²) in [7, 11) is 0. The van der Waals surface area contributed by atoms with E-state index in [0.29, 0.717) is 5.82 Å². The normalized spacial score (nSPS) is 10.5. The van der Waals surface area contributed by atoms with Gasteiger partial charge in [0.05, 0.1) is 0 Å². The highest BCUT2D eigenvalue weighted by Gasteiger charge is 2.03. The number of aromatic nitrogens is 4. The van der Waals surface area contributed by atoms with Gasteiger partial charge in [0.15, 0.2) is 0 Å². The Bertz CT molecular complexity index is 625. The number of nitrogens with zero attached hydrogens (tertiary/aromatic N) is 3. The molecule has 0 aliphatic rings. The summed E-state index contributed by atoms with van der Waals surface area (Å²) in [4.78, 5) is 0. The molecule has 0 aliphatic carbocycles. The summed E-state index contributed by atoms with van der Waals surface area (Å²) in [5.74, 6) is 0.616. The number of H-pyrrole nitrogens is 1. The number of aromatic amines is 1. The second-order valence-corrected chi connectivity index (χ2v) is 4.18. The van der Waals surface area contributed by atoms with Crippen LogP contribution < -0.4 is 0 Å². The van der Waals surface area contributed by atoms with Crippen molar-refractivity contribution in [2.24, 2.45) is 0 Å². The monoisotopic (exact) mass is 236 g/mol. The molecule has 0 saturated heterocycles. The summed E-state index contributed by atoms with van der Waals surface area (Å²) in [6.45, 7) is 2.09. The molecular weight excluding hydrogens is 224 g/mol. The highest BCUT2D eigenvalue weighted by atomic mass is 15.5. The van der Waals surface area contributed by atoms with Gasteiger partial charge in [-0.2, -0.15) is 5.21 Å². The average molecular weight is 236 g/mol. The van der Waals surface area contributed by atoms with Crippen LogP contribution in [0.5, 0.6) is 0 Å². The quantitative estimate of drug-likeness (QED) is 0.744. The molecule has 18 heavy (non-hydrogen) atoms. The van der Waals surface area contributed by atoms with Crippen molar-refractivity contribution in [1.82, 2.24) is 20.6 Å². The summed E-state index contributed by atoms with van der Waals surface area (Å²) >= 11 is 0. The van der Waals surface area contributed by atoms with Crippen LogP contribution in [0.2, 0.25) is 0 Å². The third-order valence-electron chi connectivity index (χ3n) is 2.87. The Balaban J connectivity index is 1.94. The van der Waals surface area contributed by atoms with Gasteiger partial charge in [-0.05, 0) is 23.3 Å². The first-order valence-electron chi connectivity index (χ1n) is 5.74. The maximum atomic E-state index is 3.95. The van der Waals surface area contributed by atoms with Crippen LogP contribution in [0, 0.1) is 6.92 Å². The smallest absolute Gasteiger partial charge is 0.177 e. The lowest BCUT2D eigenvalue weighted by atomic mass is 10.0. The van der Waals surface area contributed by atoms with Gasteiger partial charge in [0.25, 0.3) is 0 Å². The number of hydrogen-bond donors (Lipinski definition) is 1. The molecule has 88 valence electrons. The van der Waals surface area contributed by atoms with Crippen LogP contribution in [0.15, 0.2) is 48.5 Å². The number of nitrogens with one attached hydrogen (secondary N) is 1. The molecule has 0 atom stereocenters. The topological polar surface area (TPSA) is 54.5 Å². The van der Waals surface area contributed by atoms with Crippen molar-refractivity contribution in [2.75, 3.05) is 0 Å². The summed E-state index contributed by atoms with van der Waals surface area (Å²) in [6, 6.07) is 16.6. The number of rotatable bonds is 2. The molecule has 0 spiro atoms. The van der Waals surface area contributed by atoms with Crippen LogP contribution in [-0.4, -0.2) is 20.6 Å². The fourth-order valence-corrected chi connectivity index (χ4v) is 1.84. The number of tetrazole rings is 1. The summed E-state index contributed by atoms with van der Waals surface area (Å²) < 4.78 is 0. The Labute approximate surface area is 105 Å². The first kappa shape index (κ1) is 10.7. The minimum Gasteiger partial charge on any atom is -0.177 e. The van der Waals surface area contributed by atoms with Crippen LogP contribution in [-0.2, 0) is 0 Å². The van der Waals surface area contributed by atoms with E-state index in [4.69, 9.17) is 0 Å². The lowest BCUT2D eigenvalue weighted by Gasteiger charge is -2.03. The van der Waals surface area contributed by atoms with Gasteiger partial charge in [-0.1, -0.05) is 54.1 Å². The molecule has 2 aromatic carbocycles. The third kappa shape index (κ3) is 2.00. The summed E-state index contributed by atoms with van der Waals surface area (Å²) in [6.07, 6.45) is 0. The second kappa shape index (κ2) is 4.41. The molecule has 0 bridgehead atoms. The molecule has 3 aromatic rings. The largest absolute Gasteiger partial charge is 0.204 e. The minimum atomic E-state index is 0.616. The van der Waals surface area contributed by atoms with Crippen LogP contribution in [0.1, 0.15) is 5.56 Å². The number of hydrogen-bond acceptors (Lipinski definition) is 3. The molecule has 4 heteroatoms. The minimum absolute atomic E-state index is 0.616. The molecule has 0 amide bonds. The van der Waals surface area contributed by atoms with Crippen molar-refractivity contribution in [3.63, 3.8) is 0 Å². The molecule has 0 fully saturated rings. The van der Waals surface area contributed by atoms with Crippen molar-refractivity contribution in [3.8, 4) is 22.5 Å². The lowest BCUT2D eigenvalue weighted by Crippen LogP contribution is -1.82. The summed E-state index contributed by atoms with van der Waals surface area (Å²) in [5.41, 5.74) is 4.62. The lowest BCUT2D eigenvalue weighted by molar-refractivity contribution is 0.881. The van der Waals surface area contributed by atoms with Crippen LogP contribution in [0.3, 0.4) is 0 Å². The number of benzene rings is 2. The fraction of sp³-hybridized carbons (Fsp3) is 0.0714. The maximum Gasteiger partial charge on any atom is 0.204 e. The van der Waals surface area contributed by atoms with Crippen molar-refractivity contribution in [2.45, 2.75) is 6.92 Å². The first-order valence-corrected chi connectivity index (χ1v) is 5.74. The van der Waals surface area contributed by atoms with E-state index in [9.17, 15) is 0 Å². The molecule has 3 rings (SSSR count). The molecule has 0 aliphatic heterocycles. The van der Waals surface area contributed by atoms with Crippen LogP contribution >= 0.6 is 0 Å². The van der Waals surface area contributed by atoms with Gasteiger partial charge in [0.2, 0.25) is 5.82 Å². The van der Waals surface area contributed by atoms with Gasteiger partial charge >= 0.3 is 0 Å². The standard InChI is InChI=1S/C14H12N4/c1-10-2-4-11(5-3-10)12-6-8-13(9-7-12)14-15-17-18-16-14/h2-9H,1H3,(H,15,16,17,18). The van der Waals surface area contributed by atoms with Crippen molar-refractivity contribution < 1.29 is 0 Å². The predicted molar refractivity (Wildman–Crippen MR) is 69.8 cm³/mol. The van der Waals surface area contributed by atoms with E-state index >= 15 is 0 Å². The Morgan fingerprint density at radius 3 is 1.89 bits per heavy atom. The zero-order valence-electron chi connectivity index (χ0n) is 9.96. The molecule has 0 unspecified atom stereocenters. The maximum absolute atomic E-state index is 3.95. The highest BCUT2D eigenvalue weighted by Crippen LogP contribution is 2.22. The SMILES string of the molecule is Cc1ccc(-c2ccc(-c3nn[nH]n3)cc2)cc1. The van der Waals surface area contributed by atoms with E-state index in [0.717, 1.165) is 5.56 Å². The molecule has 1 heterocycles. The van der Waals surface area contributed by atoms with Crippen molar-refractivity contribution in [3.05, 3.63) is 54.1 Å². The highest BCUT2D eigenvalue weighted by molar-refractivity contribution is 5.67. The van der Waals surface area contributed by atoms with Crippen molar-refractivity contribution >= 4 is 0 Å². The predicted octanol–water partition coefficient (Wildman–Crippen LogP) is 2.84. The summed E-state index contributed by atoms with van der Waals surface area (Å²) in [5, 5.41) is 13.9. The van der Waals surface area contributed by atoms with E-state index in [-0.39, 0.29) is 0 Å². The second-order valence-electron chi connectivity index (χ2n) is 4.18. The van der Waals surface area contributed by atoms with Crippen LogP contribution in [0.4, 0.5) is 0 Å². The van der Waals surface area contributed by atoms with Gasteiger partial charge in [0, 0.05) is 5.56 Å². The Morgan fingerprint density at radius 2 is 1.33 bits per heavy atom. The molecule has 1 N–H and O–H groups in total. The van der Waals surface area contributed by atoms with Gasteiger partial charge in [-0.3, -0.25) is 0 Å². The Hall–Kier alpha value is -2.49. The van der Waals surface area contributed by atoms with Gasteiger partial charge < -0.3 is 0 Å². The first-order chi connectivity index (χ1) is 8.83. The zero-order chi connectivity index (χ0) is 12.4. The van der Waals surface area contributed by atoms with Crippen LogP contribution in [0.25, 0.3) is 22.5 Å². The molecule has 4 nitrogen and oxygen atoms in total. The zero-order valence-corrected chi connectivity index (χ0v) is 9.96. The van der Waals surface area contributed by atoms with E-state index in [2.05, 4.69) is 63.9 Å². The molecule has 0 saturated carbocycles. The van der Waals surface area contributed by atoms with E-state index in [1.54, 1.807) is 0 Å². The van der Waals surface area contributed by atoms with Gasteiger partial charge in [-0.25, -0.2) is 0 Å². The number of aryl methyl sites for hydroxylation is 1. The fourth-order valence-electron chi connectivity index (χ4n) is 1.84. The van der Waals surface area contributed by atoms with Gasteiger partial charge in [0.1, 0.15) is 0 Å². The van der Waals surface area contributed by atoms with Crippen molar-refractivity contribution in [1.29, 1.82) is 0 Å². The van der Waals surface area contributed by atoms with E-state index < -0.39 is 0 Å². The Kier molecular flexibility index (Phi) is 2.61. The van der Waals surface area contributed by atoms with Gasteiger partial charge in [-0.15, -0.1) is 10.2 Å². The third-order valence-corrected chi connectivity index (χ3v) is 2.87. The average Bonchev–Trinajstić information content (AvgIpc) is 2.94. The molecular formula is C14H12N4. The van der Waals surface area contributed by atoms with E-state index in [1.165, 1.54) is 16.7 Å². The molecule has 1 aromatic heterocycles. The van der Waals surface area contributed by atoms with E-state index in [1.807, 2.05) is 12.1 Å². The molecule has 0 radical (unpaired) electrons. The Morgan fingerprint density at radius 1 is 0.778 bits per heavy atom.